The highest BCUT2D eigenvalue weighted by Gasteiger charge is 2.42. The van der Waals surface area contributed by atoms with Crippen molar-refractivity contribution < 1.29 is 18.0 Å². The normalized spacial score (nSPS) is 20.9. The minimum atomic E-state index is -2.84. The molecule has 1 aromatic rings. The van der Waals surface area contributed by atoms with Gasteiger partial charge in [0.05, 0.1) is 12.6 Å². The van der Waals surface area contributed by atoms with Crippen LogP contribution in [0.4, 0.5) is 13.2 Å². The van der Waals surface area contributed by atoms with Gasteiger partial charge in [-0.3, -0.25) is 10.1 Å². The monoisotopic (exact) mass is 304 g/mol. The van der Waals surface area contributed by atoms with Gasteiger partial charge in [-0.2, -0.15) is 0 Å². The van der Waals surface area contributed by atoms with Crippen molar-refractivity contribution >= 4 is 17.7 Å². The highest BCUT2D eigenvalue weighted by Crippen LogP contribution is 2.25. The van der Waals surface area contributed by atoms with Gasteiger partial charge in [-0.25, -0.2) is 13.2 Å². The summed E-state index contributed by atoms with van der Waals surface area (Å²) in [6.07, 6.45) is 1.34. The molecular formula is C13H15F3N2OS. The fourth-order valence-electron chi connectivity index (χ4n) is 2.09. The maximum absolute atomic E-state index is 13.2. The molecule has 0 radical (unpaired) electrons. The Bertz CT molecular complexity index is 510. The molecule has 1 atom stereocenters. The van der Waals surface area contributed by atoms with E-state index in [1.807, 2.05) is 6.26 Å². The van der Waals surface area contributed by atoms with Crippen LogP contribution in [-0.4, -0.2) is 30.7 Å². The number of benzene rings is 1. The van der Waals surface area contributed by atoms with E-state index in [4.69, 9.17) is 0 Å². The summed E-state index contributed by atoms with van der Waals surface area (Å²) < 4.78 is 39.2. The summed E-state index contributed by atoms with van der Waals surface area (Å²) in [6.45, 7) is -0.363. The molecule has 0 aliphatic carbocycles. The molecule has 1 aromatic carbocycles. The molecule has 1 aliphatic heterocycles. The lowest BCUT2D eigenvalue weighted by Gasteiger charge is -2.13. The molecule has 1 aliphatic rings. The second kappa shape index (κ2) is 6.05. The quantitative estimate of drug-likeness (QED) is 0.838. The number of hydrogen-bond donors (Lipinski definition) is 2. The van der Waals surface area contributed by atoms with E-state index in [2.05, 4.69) is 10.6 Å². The van der Waals surface area contributed by atoms with Gasteiger partial charge in [0.25, 0.3) is 5.92 Å². The third-order valence-electron chi connectivity index (χ3n) is 3.12. The van der Waals surface area contributed by atoms with Crippen LogP contribution in [0.3, 0.4) is 0 Å². The topological polar surface area (TPSA) is 41.1 Å². The van der Waals surface area contributed by atoms with Crippen molar-refractivity contribution in [3.63, 3.8) is 0 Å². The Morgan fingerprint density at radius 1 is 1.55 bits per heavy atom. The molecule has 1 fully saturated rings. The minimum absolute atomic E-state index is 0.122. The molecule has 1 unspecified atom stereocenters. The van der Waals surface area contributed by atoms with Crippen LogP contribution in [0.2, 0.25) is 0 Å². The fraction of sp³-hybridized carbons (Fsp3) is 0.462. The van der Waals surface area contributed by atoms with Gasteiger partial charge in [-0.15, -0.1) is 11.8 Å². The van der Waals surface area contributed by atoms with Crippen molar-refractivity contribution in [3.05, 3.63) is 29.6 Å². The lowest BCUT2D eigenvalue weighted by Crippen LogP contribution is -2.40. The van der Waals surface area contributed by atoms with Crippen molar-refractivity contribution in [3.8, 4) is 0 Å². The summed E-state index contributed by atoms with van der Waals surface area (Å²) in [6, 6.07) is 3.42. The SMILES string of the molecule is CSc1ccc(F)cc1CNC(=O)C1CC(F)(F)CN1. The van der Waals surface area contributed by atoms with Gasteiger partial charge in [0.2, 0.25) is 5.91 Å². The van der Waals surface area contributed by atoms with Gasteiger partial charge in [0, 0.05) is 17.9 Å². The van der Waals surface area contributed by atoms with E-state index in [0.717, 1.165) is 4.90 Å². The summed E-state index contributed by atoms with van der Waals surface area (Å²) in [5.41, 5.74) is 0.635. The van der Waals surface area contributed by atoms with E-state index in [1.165, 1.54) is 23.9 Å². The first-order valence-electron chi connectivity index (χ1n) is 6.12. The standard InChI is InChI=1S/C13H15F3N2OS/c1-20-11-3-2-9(14)4-8(11)6-17-12(19)10-5-13(15,16)7-18-10/h2-4,10,18H,5-7H2,1H3,(H,17,19). The van der Waals surface area contributed by atoms with Crippen molar-refractivity contribution in [1.82, 2.24) is 10.6 Å². The number of carbonyl (C=O) groups is 1. The maximum atomic E-state index is 13.2. The number of rotatable bonds is 4. The molecule has 20 heavy (non-hydrogen) atoms. The van der Waals surface area contributed by atoms with Crippen LogP contribution < -0.4 is 10.6 Å². The predicted octanol–water partition coefficient (Wildman–Crippen LogP) is 2.16. The highest BCUT2D eigenvalue weighted by atomic mass is 32.2. The first-order chi connectivity index (χ1) is 9.41. The van der Waals surface area contributed by atoms with Crippen LogP contribution in [0.5, 0.6) is 0 Å². The summed E-state index contributed by atoms with van der Waals surface area (Å²) in [5.74, 6) is -3.72. The predicted molar refractivity (Wildman–Crippen MR) is 71.4 cm³/mol. The Kier molecular flexibility index (Phi) is 4.59. The molecule has 1 heterocycles. The van der Waals surface area contributed by atoms with Crippen molar-refractivity contribution in [2.45, 2.75) is 29.8 Å². The number of alkyl halides is 2. The summed E-state index contributed by atoms with van der Waals surface area (Å²) in [7, 11) is 0. The van der Waals surface area contributed by atoms with E-state index < -0.39 is 36.7 Å². The Morgan fingerprint density at radius 2 is 2.30 bits per heavy atom. The lowest BCUT2D eigenvalue weighted by molar-refractivity contribution is -0.123. The zero-order valence-electron chi connectivity index (χ0n) is 10.9. The average molecular weight is 304 g/mol. The zero-order chi connectivity index (χ0) is 14.8. The summed E-state index contributed by atoms with van der Waals surface area (Å²) in [4.78, 5) is 12.6. The van der Waals surface area contributed by atoms with E-state index >= 15 is 0 Å². The molecule has 0 bridgehead atoms. The number of amides is 1. The molecule has 0 aromatic heterocycles. The Balaban J connectivity index is 1.95. The molecule has 1 saturated heterocycles. The molecule has 1 amide bonds. The van der Waals surface area contributed by atoms with E-state index in [0.29, 0.717) is 5.56 Å². The van der Waals surface area contributed by atoms with E-state index in [1.54, 1.807) is 6.07 Å². The largest absolute Gasteiger partial charge is 0.351 e. The van der Waals surface area contributed by atoms with E-state index in [-0.39, 0.29) is 6.54 Å². The third kappa shape index (κ3) is 3.67. The minimum Gasteiger partial charge on any atom is -0.351 e. The van der Waals surface area contributed by atoms with Crippen LogP contribution >= 0.6 is 11.8 Å². The summed E-state index contributed by atoms with van der Waals surface area (Å²) >= 11 is 1.43. The smallest absolute Gasteiger partial charge is 0.262 e. The Hall–Kier alpha value is -1.21. The molecule has 0 spiro atoms. The first kappa shape index (κ1) is 15.2. The molecule has 3 nitrogen and oxygen atoms in total. The number of hydrogen-bond acceptors (Lipinski definition) is 3. The van der Waals surface area contributed by atoms with Crippen LogP contribution in [-0.2, 0) is 11.3 Å². The highest BCUT2D eigenvalue weighted by molar-refractivity contribution is 7.98. The third-order valence-corrected chi connectivity index (χ3v) is 3.96. The second-order valence-corrected chi connectivity index (χ2v) is 5.52. The van der Waals surface area contributed by atoms with Crippen LogP contribution in [0.1, 0.15) is 12.0 Å². The molecule has 2 N–H and O–H groups in total. The van der Waals surface area contributed by atoms with Crippen molar-refractivity contribution in [1.29, 1.82) is 0 Å². The van der Waals surface area contributed by atoms with Gasteiger partial charge in [0.1, 0.15) is 5.82 Å². The number of carbonyl (C=O) groups excluding carboxylic acids is 1. The maximum Gasteiger partial charge on any atom is 0.262 e. The van der Waals surface area contributed by atoms with Gasteiger partial charge in [-0.1, -0.05) is 0 Å². The molecular weight excluding hydrogens is 289 g/mol. The fourth-order valence-corrected chi connectivity index (χ4v) is 2.69. The Morgan fingerprint density at radius 3 is 2.90 bits per heavy atom. The summed E-state index contributed by atoms with van der Waals surface area (Å²) in [5, 5.41) is 5.05. The van der Waals surface area contributed by atoms with Crippen molar-refractivity contribution in [2.75, 3.05) is 12.8 Å². The average Bonchev–Trinajstić information content (AvgIpc) is 2.76. The Labute approximate surface area is 119 Å². The van der Waals surface area contributed by atoms with Crippen molar-refractivity contribution in [2.24, 2.45) is 0 Å². The molecule has 2 rings (SSSR count). The van der Waals surface area contributed by atoms with E-state index in [9.17, 15) is 18.0 Å². The molecule has 110 valence electrons. The van der Waals surface area contributed by atoms with Gasteiger partial charge in [0.15, 0.2) is 0 Å². The number of thioether (sulfide) groups is 1. The van der Waals surface area contributed by atoms with Gasteiger partial charge in [-0.05, 0) is 30.0 Å². The second-order valence-electron chi connectivity index (χ2n) is 4.67. The van der Waals surface area contributed by atoms with Crippen LogP contribution in [0, 0.1) is 5.82 Å². The van der Waals surface area contributed by atoms with Gasteiger partial charge < -0.3 is 5.32 Å². The molecule has 0 saturated carbocycles. The number of halogens is 3. The molecule has 7 heteroatoms. The lowest BCUT2D eigenvalue weighted by atomic mass is 10.1. The van der Waals surface area contributed by atoms with Gasteiger partial charge >= 0.3 is 0 Å². The number of nitrogens with one attached hydrogen (secondary N) is 2. The zero-order valence-corrected chi connectivity index (χ0v) is 11.7. The van der Waals surface area contributed by atoms with Crippen LogP contribution in [0.15, 0.2) is 23.1 Å². The first-order valence-corrected chi connectivity index (χ1v) is 7.35. The van der Waals surface area contributed by atoms with Crippen LogP contribution in [0.25, 0.3) is 0 Å².